The van der Waals surface area contributed by atoms with Crippen LogP contribution in [0.3, 0.4) is 0 Å². The molecule has 1 aromatic heterocycles. The Hall–Kier alpha value is -1.16. The SMILES string of the molecule is Cc1cc(C(N)=S)cc(NC2C3C4CCC(C4)C23)n1. The first-order chi connectivity index (χ1) is 9.13. The lowest BCUT2D eigenvalue weighted by Crippen LogP contribution is -2.16. The summed E-state index contributed by atoms with van der Waals surface area (Å²) in [5.74, 6) is 4.73. The maximum atomic E-state index is 5.72. The van der Waals surface area contributed by atoms with Crippen LogP contribution in [0, 0.1) is 30.6 Å². The fraction of sp³-hybridized carbons (Fsp3) is 0.600. The van der Waals surface area contributed by atoms with E-state index >= 15 is 0 Å². The molecular weight excluding hydrogens is 254 g/mol. The maximum Gasteiger partial charge on any atom is 0.127 e. The molecule has 0 aromatic carbocycles. The van der Waals surface area contributed by atoms with Gasteiger partial charge < -0.3 is 11.1 Å². The topological polar surface area (TPSA) is 50.9 Å². The van der Waals surface area contributed by atoms with Gasteiger partial charge in [-0.05, 0) is 62.0 Å². The van der Waals surface area contributed by atoms with E-state index < -0.39 is 0 Å². The number of rotatable bonds is 3. The van der Waals surface area contributed by atoms with Gasteiger partial charge >= 0.3 is 0 Å². The van der Waals surface area contributed by atoms with Crippen molar-refractivity contribution in [2.24, 2.45) is 29.4 Å². The van der Waals surface area contributed by atoms with E-state index in [1.54, 1.807) is 0 Å². The van der Waals surface area contributed by atoms with Crippen LogP contribution in [-0.2, 0) is 0 Å². The lowest BCUT2D eigenvalue weighted by molar-refractivity contribution is 0.456. The number of aromatic nitrogens is 1. The minimum Gasteiger partial charge on any atom is -0.389 e. The second-order valence-corrected chi connectivity index (χ2v) is 6.84. The van der Waals surface area contributed by atoms with E-state index in [1.165, 1.54) is 19.3 Å². The van der Waals surface area contributed by atoms with Crippen LogP contribution in [0.5, 0.6) is 0 Å². The highest BCUT2D eigenvalue weighted by Crippen LogP contribution is 2.66. The zero-order valence-electron chi connectivity index (χ0n) is 11.1. The summed E-state index contributed by atoms with van der Waals surface area (Å²) in [6, 6.07) is 4.59. The summed E-state index contributed by atoms with van der Waals surface area (Å²) in [6.45, 7) is 1.99. The van der Waals surface area contributed by atoms with Crippen LogP contribution in [0.1, 0.15) is 30.5 Å². The number of nitrogens with one attached hydrogen (secondary N) is 1. The Morgan fingerprint density at radius 1 is 1.32 bits per heavy atom. The molecule has 1 heterocycles. The molecule has 100 valence electrons. The first-order valence-electron chi connectivity index (χ1n) is 7.18. The monoisotopic (exact) mass is 273 g/mol. The maximum absolute atomic E-state index is 5.72. The fourth-order valence-electron chi connectivity index (χ4n) is 4.57. The van der Waals surface area contributed by atoms with Crippen LogP contribution < -0.4 is 11.1 Å². The molecule has 0 aliphatic heterocycles. The largest absolute Gasteiger partial charge is 0.389 e. The molecule has 3 N–H and O–H groups in total. The molecule has 0 radical (unpaired) electrons. The van der Waals surface area contributed by atoms with Crippen molar-refractivity contribution in [2.45, 2.75) is 32.2 Å². The van der Waals surface area contributed by atoms with Gasteiger partial charge in [0, 0.05) is 17.3 Å². The Morgan fingerprint density at radius 3 is 2.63 bits per heavy atom. The van der Waals surface area contributed by atoms with Gasteiger partial charge in [-0.15, -0.1) is 0 Å². The van der Waals surface area contributed by atoms with Crippen molar-refractivity contribution in [1.82, 2.24) is 4.98 Å². The zero-order chi connectivity index (χ0) is 13.1. The summed E-state index contributed by atoms with van der Waals surface area (Å²) in [5, 5.41) is 3.63. The molecule has 3 aliphatic carbocycles. The van der Waals surface area contributed by atoms with E-state index in [-0.39, 0.29) is 0 Å². The van der Waals surface area contributed by atoms with Crippen molar-refractivity contribution < 1.29 is 0 Å². The highest BCUT2D eigenvalue weighted by atomic mass is 32.1. The van der Waals surface area contributed by atoms with Crippen LogP contribution in [0.15, 0.2) is 12.1 Å². The van der Waals surface area contributed by atoms with Gasteiger partial charge in [0.05, 0.1) is 0 Å². The molecule has 0 amide bonds. The molecule has 4 rings (SSSR count). The molecule has 1 aromatic rings. The highest BCUT2D eigenvalue weighted by Gasteiger charge is 2.65. The van der Waals surface area contributed by atoms with E-state index in [0.29, 0.717) is 11.0 Å². The van der Waals surface area contributed by atoms with E-state index in [4.69, 9.17) is 18.0 Å². The molecule has 0 spiro atoms. The van der Waals surface area contributed by atoms with Crippen molar-refractivity contribution in [2.75, 3.05) is 5.32 Å². The average molecular weight is 273 g/mol. The summed E-state index contributed by atoms with van der Waals surface area (Å²) in [5.41, 5.74) is 7.61. The third-order valence-corrected chi connectivity index (χ3v) is 5.52. The quantitative estimate of drug-likeness (QED) is 0.831. The minimum atomic E-state index is 0.449. The van der Waals surface area contributed by atoms with Crippen molar-refractivity contribution in [3.05, 3.63) is 23.4 Å². The lowest BCUT2D eigenvalue weighted by atomic mass is 10.0. The minimum absolute atomic E-state index is 0.449. The van der Waals surface area contributed by atoms with Gasteiger partial charge in [0.1, 0.15) is 10.8 Å². The molecule has 2 bridgehead atoms. The van der Waals surface area contributed by atoms with Crippen LogP contribution in [0.2, 0.25) is 0 Å². The Labute approximate surface area is 119 Å². The second kappa shape index (κ2) is 3.92. The van der Waals surface area contributed by atoms with E-state index in [0.717, 1.165) is 40.7 Å². The number of nitrogens with two attached hydrogens (primary N) is 1. The first kappa shape index (κ1) is 11.6. The third-order valence-electron chi connectivity index (χ3n) is 5.29. The van der Waals surface area contributed by atoms with Gasteiger partial charge in [0.15, 0.2) is 0 Å². The molecule has 4 unspecified atom stereocenters. The van der Waals surface area contributed by atoms with E-state index in [9.17, 15) is 0 Å². The fourth-order valence-corrected chi connectivity index (χ4v) is 4.69. The molecule has 3 fully saturated rings. The second-order valence-electron chi connectivity index (χ2n) is 6.40. The average Bonchev–Trinajstić information content (AvgIpc) is 2.77. The molecule has 0 saturated heterocycles. The Morgan fingerprint density at radius 2 is 2.00 bits per heavy atom. The Bertz CT molecular complexity index is 540. The Balaban J connectivity index is 1.54. The summed E-state index contributed by atoms with van der Waals surface area (Å²) in [6.07, 6.45) is 4.37. The van der Waals surface area contributed by atoms with Gasteiger partial charge in [0.2, 0.25) is 0 Å². The normalized spacial score (nSPS) is 38.1. The molecule has 3 nitrogen and oxygen atoms in total. The van der Waals surface area contributed by atoms with Gasteiger partial charge in [-0.2, -0.15) is 0 Å². The number of aryl methyl sites for hydroxylation is 1. The summed E-state index contributed by atoms with van der Waals surface area (Å²) < 4.78 is 0. The number of anilines is 1. The predicted molar refractivity (Wildman–Crippen MR) is 80.1 cm³/mol. The molecule has 3 aliphatic rings. The van der Waals surface area contributed by atoms with Crippen LogP contribution in [0.4, 0.5) is 5.82 Å². The van der Waals surface area contributed by atoms with E-state index in [1.807, 2.05) is 19.1 Å². The van der Waals surface area contributed by atoms with Crippen LogP contribution in [0.25, 0.3) is 0 Å². The lowest BCUT2D eigenvalue weighted by Gasteiger charge is -2.12. The van der Waals surface area contributed by atoms with Crippen LogP contribution in [-0.4, -0.2) is 16.0 Å². The number of hydrogen-bond acceptors (Lipinski definition) is 3. The summed E-state index contributed by atoms with van der Waals surface area (Å²) in [4.78, 5) is 5.02. The first-order valence-corrected chi connectivity index (χ1v) is 7.59. The van der Waals surface area contributed by atoms with Crippen molar-refractivity contribution in [3.8, 4) is 0 Å². The molecule has 4 atom stereocenters. The number of nitrogens with zero attached hydrogens (tertiary/aromatic N) is 1. The number of thiocarbonyl (C=S) groups is 1. The zero-order valence-corrected chi connectivity index (χ0v) is 11.9. The molecule has 4 heteroatoms. The predicted octanol–water partition coefficient (Wildman–Crippen LogP) is 2.48. The standard InChI is InChI=1S/C15H19N3S/c1-7-4-10(15(16)19)6-11(17-7)18-14-12-8-2-3-9(5-8)13(12)14/h4,6,8-9,12-14H,2-3,5H2,1H3,(H2,16,19)(H,17,18). The number of hydrogen-bond donors (Lipinski definition) is 2. The van der Waals surface area contributed by atoms with Crippen molar-refractivity contribution in [1.29, 1.82) is 0 Å². The van der Waals surface area contributed by atoms with Gasteiger partial charge in [-0.3, -0.25) is 0 Å². The van der Waals surface area contributed by atoms with Crippen molar-refractivity contribution in [3.63, 3.8) is 0 Å². The number of fused-ring (bicyclic) bond motifs is 5. The van der Waals surface area contributed by atoms with E-state index in [2.05, 4.69) is 10.3 Å². The van der Waals surface area contributed by atoms with Gasteiger partial charge in [-0.25, -0.2) is 4.98 Å². The van der Waals surface area contributed by atoms with Gasteiger partial charge in [0.25, 0.3) is 0 Å². The summed E-state index contributed by atoms with van der Waals surface area (Å²) >= 11 is 5.06. The smallest absolute Gasteiger partial charge is 0.127 e. The van der Waals surface area contributed by atoms with Crippen LogP contribution >= 0.6 is 12.2 Å². The Kier molecular flexibility index (Phi) is 2.40. The third kappa shape index (κ3) is 1.76. The summed E-state index contributed by atoms with van der Waals surface area (Å²) in [7, 11) is 0. The van der Waals surface area contributed by atoms with Gasteiger partial charge in [-0.1, -0.05) is 12.2 Å². The van der Waals surface area contributed by atoms with Crippen molar-refractivity contribution >= 4 is 23.0 Å². The molecule has 19 heavy (non-hydrogen) atoms. The molecular formula is C15H19N3S. The molecule has 3 saturated carbocycles. The highest BCUT2D eigenvalue weighted by molar-refractivity contribution is 7.80. The number of pyridine rings is 1.